The summed E-state index contributed by atoms with van der Waals surface area (Å²) in [7, 11) is 0. The lowest BCUT2D eigenvalue weighted by molar-refractivity contribution is -0.139. The van der Waals surface area contributed by atoms with E-state index in [1.807, 2.05) is 0 Å². The van der Waals surface area contributed by atoms with Crippen LogP contribution in [0.4, 0.5) is 0 Å². The van der Waals surface area contributed by atoms with E-state index in [0.717, 1.165) is 0 Å². The first-order valence-corrected chi connectivity index (χ1v) is 7.10. The van der Waals surface area contributed by atoms with Gasteiger partial charge in [0.25, 0.3) is 0 Å². The average molecular weight is 334 g/mol. The van der Waals surface area contributed by atoms with Gasteiger partial charge in [-0.2, -0.15) is 0 Å². The van der Waals surface area contributed by atoms with E-state index in [2.05, 4.69) is 22.3 Å². The molecule has 0 saturated carbocycles. The molecule has 24 heavy (non-hydrogen) atoms. The van der Waals surface area contributed by atoms with Crippen molar-refractivity contribution in [1.29, 1.82) is 0 Å². The molecule has 6 nitrogen and oxygen atoms in total. The third kappa shape index (κ3) is 10.8. The quantitative estimate of drug-likeness (QED) is 0.492. The molecule has 2 rings (SSSR count). The zero-order valence-corrected chi connectivity index (χ0v) is 13.6. The number of aliphatic hydroxyl groups excluding tert-OH is 1. The Morgan fingerprint density at radius 2 is 1.92 bits per heavy atom. The van der Waals surface area contributed by atoms with Crippen LogP contribution in [0.2, 0.25) is 0 Å². The number of ether oxygens (including phenoxy) is 1. The highest BCUT2D eigenvalue weighted by Crippen LogP contribution is 2.16. The summed E-state index contributed by atoms with van der Waals surface area (Å²) in [5, 5.41) is 9.24. The van der Waals surface area contributed by atoms with E-state index in [-0.39, 0.29) is 5.97 Å². The summed E-state index contributed by atoms with van der Waals surface area (Å²) in [4.78, 5) is 19.7. The lowest BCUT2D eigenvalue weighted by atomic mass is 10.2. The lowest BCUT2D eigenvalue weighted by Crippen LogP contribution is -1.96. The van der Waals surface area contributed by atoms with Gasteiger partial charge in [-0.15, -0.1) is 6.58 Å². The number of aliphatic hydroxyl groups is 1. The van der Waals surface area contributed by atoms with Crippen LogP contribution in [-0.2, 0) is 9.53 Å². The van der Waals surface area contributed by atoms with Crippen molar-refractivity contribution in [2.45, 2.75) is 19.4 Å². The second-order valence-electron chi connectivity index (χ2n) is 4.28. The van der Waals surface area contributed by atoms with Gasteiger partial charge in [-0.3, -0.25) is 9.59 Å². The molecule has 0 spiro atoms. The standard InChI is InChI=1S/C8H10O2.C5H4O2.C5H8O2/c1-2-4-7(9)8-5-3-6-10-8;6-4-5-2-1-3-7-5;1-3-4-7-5(2)6/h2-3,5-7,9H,1,4H2;1-4H;3H,1,4H2,2H3. The molecule has 0 amide bonds. The van der Waals surface area contributed by atoms with Gasteiger partial charge in [0, 0.05) is 6.92 Å². The van der Waals surface area contributed by atoms with Gasteiger partial charge in [-0.25, -0.2) is 0 Å². The number of aldehydes is 1. The number of furan rings is 2. The van der Waals surface area contributed by atoms with Gasteiger partial charge < -0.3 is 18.7 Å². The van der Waals surface area contributed by atoms with Crippen LogP contribution in [0.5, 0.6) is 0 Å². The Hall–Kier alpha value is -2.86. The third-order valence-electron chi connectivity index (χ3n) is 2.33. The molecule has 0 radical (unpaired) electrons. The minimum absolute atomic E-state index is 0.264. The maximum absolute atomic E-state index is 9.93. The maximum Gasteiger partial charge on any atom is 0.302 e. The van der Waals surface area contributed by atoms with Crippen molar-refractivity contribution in [2.24, 2.45) is 0 Å². The molecule has 6 heteroatoms. The normalized spacial score (nSPS) is 10.1. The Balaban J connectivity index is 0.000000340. The molecule has 0 saturated heterocycles. The zero-order valence-electron chi connectivity index (χ0n) is 13.6. The Morgan fingerprint density at radius 1 is 1.25 bits per heavy atom. The van der Waals surface area contributed by atoms with Crippen LogP contribution in [0.1, 0.15) is 35.8 Å². The number of carbonyl (C=O) groups excluding carboxylic acids is 2. The van der Waals surface area contributed by atoms with Crippen LogP contribution in [0.15, 0.2) is 70.9 Å². The fourth-order valence-electron chi connectivity index (χ4n) is 1.29. The first kappa shape index (κ1) is 21.1. The largest absolute Gasteiger partial charge is 0.467 e. The van der Waals surface area contributed by atoms with Gasteiger partial charge in [0.1, 0.15) is 18.5 Å². The number of rotatable bonds is 6. The first-order valence-electron chi connectivity index (χ1n) is 7.10. The monoisotopic (exact) mass is 334 g/mol. The number of hydrogen-bond acceptors (Lipinski definition) is 6. The molecule has 0 aromatic carbocycles. The predicted molar refractivity (Wildman–Crippen MR) is 89.4 cm³/mol. The van der Waals surface area contributed by atoms with Crippen molar-refractivity contribution in [3.63, 3.8) is 0 Å². The van der Waals surface area contributed by atoms with E-state index < -0.39 is 6.10 Å². The molecule has 2 aromatic rings. The average Bonchev–Trinajstić information content (AvgIpc) is 3.27. The molecule has 0 aliphatic heterocycles. The SMILES string of the molecule is C=CCC(O)c1ccco1.C=CCOC(C)=O.O=Cc1ccco1. The fraction of sp³-hybridized carbons (Fsp3) is 0.222. The van der Waals surface area contributed by atoms with Gasteiger partial charge in [0.05, 0.1) is 12.5 Å². The highest BCUT2D eigenvalue weighted by molar-refractivity contribution is 5.69. The summed E-state index contributed by atoms with van der Waals surface area (Å²) in [6.07, 6.45) is 6.86. The predicted octanol–water partition coefficient (Wildman–Crippen LogP) is 3.72. The van der Waals surface area contributed by atoms with Crippen LogP contribution in [0.25, 0.3) is 0 Å². The van der Waals surface area contributed by atoms with Crippen molar-refractivity contribution in [3.05, 3.63) is 73.6 Å². The van der Waals surface area contributed by atoms with Crippen LogP contribution in [0.3, 0.4) is 0 Å². The molecule has 2 aromatic heterocycles. The maximum atomic E-state index is 9.93. The molecule has 0 aliphatic carbocycles. The summed E-state index contributed by atoms with van der Waals surface area (Å²) >= 11 is 0. The highest BCUT2D eigenvalue weighted by Gasteiger charge is 2.06. The highest BCUT2D eigenvalue weighted by atomic mass is 16.5. The summed E-state index contributed by atoms with van der Waals surface area (Å²) in [6.45, 7) is 8.54. The summed E-state index contributed by atoms with van der Waals surface area (Å²) in [5.41, 5.74) is 0. The van der Waals surface area contributed by atoms with Gasteiger partial charge >= 0.3 is 5.97 Å². The van der Waals surface area contributed by atoms with E-state index in [1.54, 1.807) is 36.6 Å². The van der Waals surface area contributed by atoms with Crippen molar-refractivity contribution < 1.29 is 28.3 Å². The molecule has 0 bridgehead atoms. The smallest absolute Gasteiger partial charge is 0.302 e. The first-order chi connectivity index (χ1) is 11.5. The van der Waals surface area contributed by atoms with Crippen LogP contribution in [0, 0.1) is 0 Å². The molecule has 1 unspecified atom stereocenters. The summed E-state index contributed by atoms with van der Waals surface area (Å²) < 4.78 is 14.0. The fourth-order valence-corrected chi connectivity index (χ4v) is 1.29. The Morgan fingerprint density at radius 3 is 2.25 bits per heavy atom. The topological polar surface area (TPSA) is 89.9 Å². The van der Waals surface area contributed by atoms with Crippen molar-refractivity contribution in [3.8, 4) is 0 Å². The van der Waals surface area contributed by atoms with Crippen LogP contribution >= 0.6 is 0 Å². The van der Waals surface area contributed by atoms with E-state index in [1.165, 1.54) is 19.3 Å². The number of hydrogen-bond donors (Lipinski definition) is 1. The van der Waals surface area contributed by atoms with Gasteiger partial charge in [0.2, 0.25) is 0 Å². The minimum Gasteiger partial charge on any atom is -0.467 e. The van der Waals surface area contributed by atoms with E-state index in [9.17, 15) is 14.7 Å². The molecular formula is C18H22O6. The molecule has 1 atom stereocenters. The summed E-state index contributed by atoms with van der Waals surface area (Å²) in [6, 6.07) is 6.77. The van der Waals surface area contributed by atoms with E-state index in [0.29, 0.717) is 30.8 Å². The molecule has 130 valence electrons. The minimum atomic E-state index is -0.535. The van der Waals surface area contributed by atoms with Crippen molar-refractivity contribution >= 4 is 12.3 Å². The Bertz CT molecular complexity index is 569. The summed E-state index contributed by atoms with van der Waals surface area (Å²) in [5.74, 6) is 0.708. The van der Waals surface area contributed by atoms with Crippen LogP contribution in [-0.4, -0.2) is 24.0 Å². The zero-order chi connectivity index (χ0) is 18.2. The number of carbonyl (C=O) groups is 2. The van der Waals surface area contributed by atoms with Crippen LogP contribution < -0.4 is 0 Å². The second kappa shape index (κ2) is 13.8. The lowest BCUT2D eigenvalue weighted by Gasteiger charge is -2.01. The molecular weight excluding hydrogens is 312 g/mol. The van der Waals surface area contributed by atoms with E-state index >= 15 is 0 Å². The molecule has 2 heterocycles. The Labute approximate surface area is 141 Å². The van der Waals surface area contributed by atoms with Gasteiger partial charge in [-0.05, 0) is 30.7 Å². The van der Waals surface area contributed by atoms with E-state index in [4.69, 9.17) is 4.42 Å². The van der Waals surface area contributed by atoms with Gasteiger partial charge in [0.15, 0.2) is 12.0 Å². The van der Waals surface area contributed by atoms with Crippen molar-refractivity contribution in [2.75, 3.05) is 6.61 Å². The number of esters is 1. The second-order valence-corrected chi connectivity index (χ2v) is 4.28. The molecule has 0 fully saturated rings. The molecule has 0 aliphatic rings. The third-order valence-corrected chi connectivity index (χ3v) is 2.33. The van der Waals surface area contributed by atoms with Crippen molar-refractivity contribution in [1.82, 2.24) is 0 Å². The van der Waals surface area contributed by atoms with Gasteiger partial charge in [-0.1, -0.05) is 18.7 Å². The Kier molecular flexibility index (Phi) is 12.1. The molecule has 1 N–H and O–H groups in total.